The lowest BCUT2D eigenvalue weighted by molar-refractivity contribution is -0.161. The zero-order chi connectivity index (χ0) is 68.0. The van der Waals surface area contributed by atoms with Crippen molar-refractivity contribution in [1.29, 1.82) is 0 Å². The summed E-state index contributed by atoms with van der Waals surface area (Å²) in [4.78, 5) is 72.4. The van der Waals surface area contributed by atoms with E-state index in [1.54, 1.807) is 0 Å². The van der Waals surface area contributed by atoms with E-state index in [-0.39, 0.29) is 25.7 Å². The molecule has 19 heteroatoms. The summed E-state index contributed by atoms with van der Waals surface area (Å²) >= 11 is 0. The second kappa shape index (κ2) is 63.8. The molecular formula is C73H142O17P2. The second-order valence-corrected chi connectivity index (χ2v) is 30.4. The first kappa shape index (κ1) is 90.1. The van der Waals surface area contributed by atoms with Crippen LogP contribution in [0.4, 0.5) is 0 Å². The molecule has 0 aliphatic carbocycles. The summed E-state index contributed by atoms with van der Waals surface area (Å²) in [5.41, 5.74) is 0. The van der Waals surface area contributed by atoms with E-state index in [0.29, 0.717) is 31.6 Å². The number of phosphoric acid groups is 2. The van der Waals surface area contributed by atoms with E-state index in [1.807, 2.05) is 0 Å². The highest BCUT2D eigenvalue weighted by Crippen LogP contribution is 2.45. The molecule has 0 spiro atoms. The van der Waals surface area contributed by atoms with Crippen LogP contribution in [0, 0.1) is 17.8 Å². The fraction of sp³-hybridized carbons (Fsp3) is 0.945. The third kappa shape index (κ3) is 65.4. The third-order valence-corrected chi connectivity index (χ3v) is 19.1. The number of carbonyl (C=O) groups is 4. The predicted octanol–water partition coefficient (Wildman–Crippen LogP) is 21.0. The van der Waals surface area contributed by atoms with Crippen molar-refractivity contribution in [1.82, 2.24) is 0 Å². The van der Waals surface area contributed by atoms with E-state index in [0.717, 1.165) is 115 Å². The fourth-order valence-electron chi connectivity index (χ4n) is 11.0. The van der Waals surface area contributed by atoms with Crippen molar-refractivity contribution in [3.8, 4) is 0 Å². The van der Waals surface area contributed by atoms with Gasteiger partial charge in [0.25, 0.3) is 0 Å². The van der Waals surface area contributed by atoms with E-state index in [9.17, 15) is 43.2 Å². The van der Waals surface area contributed by atoms with E-state index < -0.39 is 97.5 Å². The largest absolute Gasteiger partial charge is 0.472 e. The molecule has 0 bridgehead atoms. The van der Waals surface area contributed by atoms with Gasteiger partial charge in [0.1, 0.15) is 19.3 Å². The van der Waals surface area contributed by atoms with Gasteiger partial charge in [0, 0.05) is 25.7 Å². The standard InChI is InChI=1S/C73H142O17P2/c1-8-10-11-12-30-40-47-54-70(75)83-60-68(90-73(78)57-50-43-36-29-32-38-45-52-65(5)6)62-87-91(79,80)85-58-67(74)59-86-92(81,82)88-63-69(61-84-71(76)55-48-41-34-27-24-23-25-31-37-44-51-64(3)4)89-72(77)56-49-42-35-28-22-20-18-16-14-13-15-17-19-21-26-33-39-46-53-66(7)9-2/h64-69,74H,8-63H2,1-7H3,(H,79,80)(H,81,82)/t66?,67-,68+,69+/m0/s1. The number of ether oxygens (including phenoxy) is 4. The van der Waals surface area contributed by atoms with Gasteiger partial charge in [-0.05, 0) is 43.4 Å². The average Bonchev–Trinajstić information content (AvgIpc) is 2.41. The van der Waals surface area contributed by atoms with Gasteiger partial charge in [-0.15, -0.1) is 0 Å². The maximum Gasteiger partial charge on any atom is 0.472 e. The molecule has 0 aromatic heterocycles. The Balaban J connectivity index is 5.14. The maximum absolute atomic E-state index is 13.1. The van der Waals surface area contributed by atoms with Gasteiger partial charge in [-0.25, -0.2) is 9.13 Å². The average molecular weight is 1350 g/mol. The number of esters is 4. The maximum atomic E-state index is 13.1. The molecule has 0 fully saturated rings. The minimum atomic E-state index is -4.95. The van der Waals surface area contributed by atoms with E-state index >= 15 is 0 Å². The first-order chi connectivity index (χ1) is 44.3. The van der Waals surface area contributed by atoms with E-state index in [2.05, 4.69) is 48.5 Å². The molecule has 0 aromatic rings. The van der Waals surface area contributed by atoms with Crippen molar-refractivity contribution in [3.05, 3.63) is 0 Å². The molecule has 92 heavy (non-hydrogen) atoms. The molecule has 0 aliphatic rings. The van der Waals surface area contributed by atoms with E-state index in [4.69, 9.17) is 37.0 Å². The Morgan fingerprint density at radius 1 is 0.315 bits per heavy atom. The molecule has 546 valence electrons. The lowest BCUT2D eigenvalue weighted by Gasteiger charge is -2.21. The van der Waals surface area contributed by atoms with Crippen LogP contribution in [0.25, 0.3) is 0 Å². The number of unbranched alkanes of at least 4 members (excludes halogenated alkanes) is 38. The van der Waals surface area contributed by atoms with Gasteiger partial charge in [-0.1, -0.05) is 318 Å². The van der Waals surface area contributed by atoms with Crippen molar-refractivity contribution in [2.24, 2.45) is 17.8 Å². The number of phosphoric ester groups is 2. The summed E-state index contributed by atoms with van der Waals surface area (Å²) in [5, 5.41) is 10.6. The van der Waals surface area contributed by atoms with E-state index in [1.165, 1.54) is 167 Å². The van der Waals surface area contributed by atoms with Crippen LogP contribution in [0.3, 0.4) is 0 Å². The smallest absolute Gasteiger partial charge is 0.462 e. The summed E-state index contributed by atoms with van der Waals surface area (Å²) in [6.45, 7) is 11.8. The highest BCUT2D eigenvalue weighted by molar-refractivity contribution is 7.47. The Bertz CT molecular complexity index is 1800. The summed E-state index contributed by atoms with van der Waals surface area (Å²) < 4.78 is 68.2. The number of aliphatic hydroxyl groups is 1. The molecule has 0 rings (SSSR count). The van der Waals surface area contributed by atoms with Crippen LogP contribution >= 0.6 is 15.6 Å². The minimum absolute atomic E-state index is 0.103. The Morgan fingerprint density at radius 2 is 0.554 bits per heavy atom. The van der Waals surface area contributed by atoms with Gasteiger partial charge in [0.15, 0.2) is 12.2 Å². The second-order valence-electron chi connectivity index (χ2n) is 27.5. The van der Waals surface area contributed by atoms with Crippen molar-refractivity contribution >= 4 is 39.5 Å². The SMILES string of the molecule is CCCCCCCCCC(=O)OC[C@H](COP(=O)(O)OC[C@H](O)COP(=O)(O)OC[C@@H](COC(=O)CCCCCCCCCCCCC(C)C)OC(=O)CCCCCCCCCCCCCCCCCCCCC(C)CC)OC(=O)CCCCCCCCCC(C)C. The van der Waals surface area contributed by atoms with Gasteiger partial charge in [0.05, 0.1) is 26.4 Å². The van der Waals surface area contributed by atoms with Gasteiger partial charge in [-0.3, -0.25) is 37.3 Å². The number of hydrogen-bond donors (Lipinski definition) is 3. The molecule has 17 nitrogen and oxygen atoms in total. The van der Waals surface area contributed by atoms with Crippen LogP contribution in [0.1, 0.15) is 370 Å². The zero-order valence-corrected chi connectivity index (χ0v) is 61.8. The molecule has 3 unspecified atom stereocenters. The van der Waals surface area contributed by atoms with Crippen molar-refractivity contribution in [2.45, 2.75) is 388 Å². The topological polar surface area (TPSA) is 237 Å². The fourth-order valence-corrected chi connectivity index (χ4v) is 12.6. The van der Waals surface area contributed by atoms with Crippen LogP contribution in [0.15, 0.2) is 0 Å². The van der Waals surface area contributed by atoms with Crippen molar-refractivity contribution in [3.63, 3.8) is 0 Å². The molecular weight excluding hydrogens is 1210 g/mol. The third-order valence-electron chi connectivity index (χ3n) is 17.2. The van der Waals surface area contributed by atoms with Crippen LogP contribution in [0.5, 0.6) is 0 Å². The summed E-state index contributed by atoms with van der Waals surface area (Å²) in [5.74, 6) is 0.195. The predicted molar refractivity (Wildman–Crippen MR) is 372 cm³/mol. The summed E-state index contributed by atoms with van der Waals surface area (Å²) in [6.07, 6.45) is 48.9. The Morgan fingerprint density at radius 3 is 0.826 bits per heavy atom. The lowest BCUT2D eigenvalue weighted by atomic mass is 9.99. The molecule has 0 radical (unpaired) electrons. The molecule has 0 aliphatic heterocycles. The van der Waals surface area contributed by atoms with Crippen LogP contribution in [-0.4, -0.2) is 96.7 Å². The molecule has 3 N–H and O–H groups in total. The molecule has 0 saturated heterocycles. The number of aliphatic hydroxyl groups excluding tert-OH is 1. The van der Waals surface area contributed by atoms with Crippen LogP contribution < -0.4 is 0 Å². The Kier molecular flexibility index (Phi) is 62.4. The molecule has 0 saturated carbocycles. The van der Waals surface area contributed by atoms with Crippen LogP contribution in [0.2, 0.25) is 0 Å². The van der Waals surface area contributed by atoms with Gasteiger partial charge in [0.2, 0.25) is 0 Å². The van der Waals surface area contributed by atoms with Gasteiger partial charge in [-0.2, -0.15) is 0 Å². The molecule has 0 heterocycles. The van der Waals surface area contributed by atoms with Crippen molar-refractivity contribution < 1.29 is 80.2 Å². The lowest BCUT2D eigenvalue weighted by Crippen LogP contribution is -2.30. The Labute approximate surface area is 562 Å². The summed E-state index contributed by atoms with van der Waals surface area (Å²) in [6, 6.07) is 0. The first-order valence-corrected chi connectivity index (χ1v) is 40.9. The summed E-state index contributed by atoms with van der Waals surface area (Å²) in [7, 11) is -9.90. The number of rotatable bonds is 71. The Hall–Kier alpha value is -1.94. The van der Waals surface area contributed by atoms with Crippen LogP contribution in [-0.2, 0) is 65.4 Å². The minimum Gasteiger partial charge on any atom is -0.462 e. The van der Waals surface area contributed by atoms with Gasteiger partial charge < -0.3 is 33.8 Å². The normalized spacial score (nSPS) is 14.4. The van der Waals surface area contributed by atoms with Gasteiger partial charge >= 0.3 is 39.5 Å². The highest BCUT2D eigenvalue weighted by atomic mass is 31.2. The molecule has 0 aromatic carbocycles. The molecule has 6 atom stereocenters. The first-order valence-electron chi connectivity index (χ1n) is 37.9. The quantitative estimate of drug-likeness (QED) is 0.0222. The number of hydrogen-bond acceptors (Lipinski definition) is 15. The zero-order valence-electron chi connectivity index (χ0n) is 60.0. The monoisotopic (exact) mass is 1350 g/mol. The molecule has 0 amide bonds. The highest BCUT2D eigenvalue weighted by Gasteiger charge is 2.30. The van der Waals surface area contributed by atoms with Crippen molar-refractivity contribution in [2.75, 3.05) is 39.6 Å². The number of carbonyl (C=O) groups excluding carboxylic acids is 4.